The Hall–Kier alpha value is -1.73. The summed E-state index contributed by atoms with van der Waals surface area (Å²) in [5, 5.41) is 18.8. The van der Waals surface area contributed by atoms with Gasteiger partial charge < -0.3 is 19.8 Å². The molecule has 2 rings (SSSR count). The van der Waals surface area contributed by atoms with E-state index in [9.17, 15) is 18.7 Å². The Morgan fingerprint density at radius 3 is 2.61 bits per heavy atom. The van der Waals surface area contributed by atoms with Gasteiger partial charge in [0.25, 0.3) is 0 Å². The summed E-state index contributed by atoms with van der Waals surface area (Å²) in [6.45, 7) is 1.11. The smallest absolute Gasteiger partial charge is 0.335 e. The van der Waals surface area contributed by atoms with Crippen molar-refractivity contribution < 1.29 is 28.5 Å². The molecule has 0 bridgehead atoms. The molecule has 1 aliphatic heterocycles. The van der Waals surface area contributed by atoms with Crippen LogP contribution in [-0.2, 0) is 0 Å². The standard InChI is InChI=1S/C16H21F2NO4/c17-16(18)6-1-8-19(9-7-16)10-13(20)11-23-14-4-2-12(3-5-14)15(21)22/h2-5,13,20H,1,6-11H2,(H,21,22). The largest absolute Gasteiger partial charge is 0.491 e. The number of β-amino-alcohol motifs (C(OH)–C–C–N with tert-alkyl or cyclic N) is 1. The van der Waals surface area contributed by atoms with Crippen molar-refractivity contribution in [3.05, 3.63) is 29.8 Å². The third-order valence-electron chi connectivity index (χ3n) is 3.82. The van der Waals surface area contributed by atoms with Crippen molar-refractivity contribution in [1.29, 1.82) is 0 Å². The summed E-state index contributed by atoms with van der Waals surface area (Å²) in [6.07, 6.45) is -0.665. The van der Waals surface area contributed by atoms with Crippen molar-refractivity contribution in [3.63, 3.8) is 0 Å². The number of ether oxygens (including phenoxy) is 1. The van der Waals surface area contributed by atoms with Crippen LogP contribution in [0, 0.1) is 0 Å². The Morgan fingerprint density at radius 2 is 1.96 bits per heavy atom. The molecule has 1 aliphatic rings. The first-order valence-corrected chi connectivity index (χ1v) is 7.60. The average molecular weight is 329 g/mol. The number of likely N-dealkylation sites (tertiary alicyclic amines) is 1. The minimum Gasteiger partial charge on any atom is -0.491 e. The summed E-state index contributed by atoms with van der Waals surface area (Å²) in [4.78, 5) is 12.6. The van der Waals surface area contributed by atoms with Crippen LogP contribution >= 0.6 is 0 Å². The van der Waals surface area contributed by atoms with Crippen LogP contribution in [0.4, 0.5) is 8.78 Å². The van der Waals surface area contributed by atoms with Gasteiger partial charge in [0.1, 0.15) is 18.5 Å². The first kappa shape index (κ1) is 17.6. The molecule has 1 fully saturated rings. The lowest BCUT2D eigenvalue weighted by Crippen LogP contribution is -2.36. The number of alkyl halides is 2. The van der Waals surface area contributed by atoms with Crippen molar-refractivity contribution in [2.24, 2.45) is 0 Å². The van der Waals surface area contributed by atoms with Gasteiger partial charge >= 0.3 is 5.97 Å². The molecule has 1 saturated heterocycles. The van der Waals surface area contributed by atoms with Crippen LogP contribution < -0.4 is 4.74 Å². The first-order chi connectivity index (χ1) is 10.9. The summed E-state index contributed by atoms with van der Waals surface area (Å²) in [6, 6.07) is 5.87. The predicted molar refractivity (Wildman–Crippen MR) is 80.1 cm³/mol. The Bertz CT molecular complexity index is 521. The van der Waals surface area contributed by atoms with Crippen LogP contribution in [0.2, 0.25) is 0 Å². The van der Waals surface area contributed by atoms with Crippen LogP contribution in [0.25, 0.3) is 0 Å². The monoisotopic (exact) mass is 329 g/mol. The fourth-order valence-electron chi connectivity index (χ4n) is 2.54. The molecule has 1 aromatic rings. The van der Waals surface area contributed by atoms with Crippen LogP contribution in [0.5, 0.6) is 5.75 Å². The zero-order valence-electron chi connectivity index (χ0n) is 12.8. The molecule has 0 aromatic heterocycles. The van der Waals surface area contributed by atoms with Crippen LogP contribution in [0.15, 0.2) is 24.3 Å². The number of carboxylic acids is 1. The number of aliphatic hydroxyl groups excluding tert-OH is 1. The van der Waals surface area contributed by atoms with Crippen molar-refractivity contribution in [2.75, 3.05) is 26.2 Å². The highest BCUT2D eigenvalue weighted by molar-refractivity contribution is 5.87. The number of carboxylic acid groups (broad SMARTS) is 1. The van der Waals surface area contributed by atoms with Gasteiger partial charge in [-0.2, -0.15) is 0 Å². The maximum Gasteiger partial charge on any atom is 0.335 e. The molecular formula is C16H21F2NO4. The lowest BCUT2D eigenvalue weighted by Gasteiger charge is -2.23. The molecule has 0 aliphatic carbocycles. The maximum absolute atomic E-state index is 13.3. The van der Waals surface area contributed by atoms with Gasteiger partial charge in [-0.25, -0.2) is 13.6 Å². The Balaban J connectivity index is 1.76. The second-order valence-corrected chi connectivity index (χ2v) is 5.80. The van der Waals surface area contributed by atoms with Gasteiger partial charge in [-0.05, 0) is 37.2 Å². The molecule has 7 heteroatoms. The summed E-state index contributed by atoms with van der Waals surface area (Å²) in [5.74, 6) is -3.17. The molecule has 1 atom stereocenters. The number of hydrogen-bond donors (Lipinski definition) is 2. The van der Waals surface area contributed by atoms with Gasteiger partial charge in [-0.1, -0.05) is 0 Å². The van der Waals surface area contributed by atoms with E-state index in [1.165, 1.54) is 24.3 Å². The topological polar surface area (TPSA) is 70.0 Å². The van der Waals surface area contributed by atoms with E-state index in [0.717, 1.165) is 0 Å². The van der Waals surface area contributed by atoms with Crippen molar-refractivity contribution in [3.8, 4) is 5.75 Å². The SMILES string of the molecule is O=C(O)c1ccc(OCC(O)CN2CCCC(F)(F)CC2)cc1. The van der Waals surface area contributed by atoms with E-state index in [-0.39, 0.29) is 38.1 Å². The van der Waals surface area contributed by atoms with Crippen LogP contribution in [0.1, 0.15) is 29.6 Å². The fraction of sp³-hybridized carbons (Fsp3) is 0.562. The molecule has 0 saturated carbocycles. The van der Waals surface area contributed by atoms with Crippen molar-refractivity contribution >= 4 is 5.97 Å². The molecular weight excluding hydrogens is 308 g/mol. The number of hydrogen-bond acceptors (Lipinski definition) is 4. The van der Waals surface area contributed by atoms with Crippen LogP contribution in [0.3, 0.4) is 0 Å². The molecule has 0 spiro atoms. The zero-order chi connectivity index (χ0) is 16.9. The van der Waals surface area contributed by atoms with Gasteiger partial charge in [0.2, 0.25) is 5.92 Å². The molecule has 5 nitrogen and oxygen atoms in total. The number of aromatic carboxylic acids is 1. The average Bonchev–Trinajstić information content (AvgIpc) is 2.67. The van der Waals surface area contributed by atoms with Gasteiger partial charge in [0.05, 0.1) is 5.56 Å². The molecule has 23 heavy (non-hydrogen) atoms. The molecule has 1 heterocycles. The maximum atomic E-state index is 13.3. The van der Waals surface area contributed by atoms with E-state index in [0.29, 0.717) is 18.7 Å². The Labute approximate surface area is 133 Å². The number of rotatable bonds is 6. The number of halogens is 2. The lowest BCUT2D eigenvalue weighted by atomic mass is 10.1. The highest BCUT2D eigenvalue weighted by Crippen LogP contribution is 2.27. The number of aliphatic hydroxyl groups is 1. The fourth-order valence-corrected chi connectivity index (χ4v) is 2.54. The van der Waals surface area contributed by atoms with Gasteiger partial charge in [-0.15, -0.1) is 0 Å². The predicted octanol–water partition coefficient (Wildman–Crippen LogP) is 2.25. The second kappa shape index (κ2) is 7.70. The van der Waals surface area contributed by atoms with Gasteiger partial charge in [0, 0.05) is 25.9 Å². The molecule has 0 radical (unpaired) electrons. The summed E-state index contributed by atoms with van der Waals surface area (Å²) >= 11 is 0. The van der Waals surface area contributed by atoms with E-state index in [1.807, 2.05) is 4.90 Å². The first-order valence-electron chi connectivity index (χ1n) is 7.60. The Morgan fingerprint density at radius 1 is 1.26 bits per heavy atom. The molecule has 2 N–H and O–H groups in total. The van der Waals surface area contributed by atoms with Crippen molar-refractivity contribution in [2.45, 2.75) is 31.3 Å². The highest BCUT2D eigenvalue weighted by atomic mass is 19.3. The van der Waals surface area contributed by atoms with E-state index >= 15 is 0 Å². The summed E-state index contributed by atoms with van der Waals surface area (Å²) in [7, 11) is 0. The van der Waals surface area contributed by atoms with E-state index < -0.39 is 18.0 Å². The Kier molecular flexibility index (Phi) is 5.90. The molecule has 128 valence electrons. The number of nitrogens with zero attached hydrogens (tertiary/aromatic N) is 1. The third kappa shape index (κ3) is 5.76. The van der Waals surface area contributed by atoms with Gasteiger partial charge in [0.15, 0.2) is 0 Å². The number of benzene rings is 1. The summed E-state index contributed by atoms with van der Waals surface area (Å²) in [5.41, 5.74) is 0.156. The minimum absolute atomic E-state index is 0.0271. The third-order valence-corrected chi connectivity index (χ3v) is 3.82. The normalized spacial score (nSPS) is 19.8. The molecule has 1 unspecified atom stereocenters. The van der Waals surface area contributed by atoms with E-state index in [2.05, 4.69) is 0 Å². The lowest BCUT2D eigenvalue weighted by molar-refractivity contribution is -0.0145. The summed E-state index contributed by atoms with van der Waals surface area (Å²) < 4.78 is 32.0. The van der Waals surface area contributed by atoms with E-state index in [4.69, 9.17) is 9.84 Å². The minimum atomic E-state index is -2.61. The molecule has 0 amide bonds. The van der Waals surface area contributed by atoms with Crippen molar-refractivity contribution in [1.82, 2.24) is 4.90 Å². The quantitative estimate of drug-likeness (QED) is 0.838. The zero-order valence-corrected chi connectivity index (χ0v) is 12.8. The molecule has 1 aromatic carbocycles. The van der Waals surface area contributed by atoms with Crippen LogP contribution in [-0.4, -0.2) is 59.3 Å². The van der Waals surface area contributed by atoms with E-state index in [1.54, 1.807) is 0 Å². The van der Waals surface area contributed by atoms with Gasteiger partial charge in [-0.3, -0.25) is 0 Å². The highest BCUT2D eigenvalue weighted by Gasteiger charge is 2.32. The second-order valence-electron chi connectivity index (χ2n) is 5.80. The number of carbonyl (C=O) groups is 1.